The summed E-state index contributed by atoms with van der Waals surface area (Å²) >= 11 is 0. The fourth-order valence-corrected chi connectivity index (χ4v) is 3.61. The lowest BCUT2D eigenvalue weighted by molar-refractivity contribution is 0.352. The summed E-state index contributed by atoms with van der Waals surface area (Å²) in [5.74, 6) is 0.826. The van der Waals surface area contributed by atoms with Crippen LogP contribution in [0.3, 0.4) is 0 Å². The lowest BCUT2D eigenvalue weighted by Gasteiger charge is -2.25. The second-order valence-electron chi connectivity index (χ2n) is 10.2. The summed E-state index contributed by atoms with van der Waals surface area (Å²) in [6.45, 7) is 39.2. The first-order chi connectivity index (χ1) is 19.0. The molecule has 0 bridgehead atoms. The van der Waals surface area contributed by atoms with E-state index < -0.39 is 0 Å². The van der Waals surface area contributed by atoms with Gasteiger partial charge in [-0.25, -0.2) is 0 Å². The van der Waals surface area contributed by atoms with Crippen molar-refractivity contribution in [3.63, 3.8) is 0 Å². The maximum absolute atomic E-state index is 4.02. The molecule has 1 heteroatoms. The highest BCUT2D eigenvalue weighted by Crippen LogP contribution is 2.24. The molecule has 0 saturated heterocycles. The zero-order valence-electron chi connectivity index (χ0n) is 28.7. The van der Waals surface area contributed by atoms with Crippen molar-refractivity contribution >= 4 is 0 Å². The molecule has 0 aliphatic heterocycles. The van der Waals surface area contributed by atoms with Gasteiger partial charge in [-0.05, 0) is 94.5 Å². The molecular weight excluding hydrogens is 482 g/mol. The Morgan fingerprint density at radius 2 is 1.30 bits per heavy atom. The summed E-state index contributed by atoms with van der Waals surface area (Å²) in [7, 11) is 0. The summed E-state index contributed by atoms with van der Waals surface area (Å²) in [6.07, 6.45) is 8.81. The molecule has 2 aromatic carbocycles. The number of hydrogen-bond donors (Lipinski definition) is 0. The van der Waals surface area contributed by atoms with Crippen LogP contribution in [0.1, 0.15) is 106 Å². The van der Waals surface area contributed by atoms with E-state index in [9.17, 15) is 0 Å². The summed E-state index contributed by atoms with van der Waals surface area (Å²) < 4.78 is 0. The van der Waals surface area contributed by atoms with E-state index >= 15 is 0 Å². The van der Waals surface area contributed by atoms with E-state index in [0.29, 0.717) is 0 Å². The van der Waals surface area contributed by atoms with Gasteiger partial charge >= 0.3 is 0 Å². The molecule has 1 unspecified atom stereocenters. The Kier molecular flexibility index (Phi) is 28.9. The quantitative estimate of drug-likeness (QED) is 0.211. The molecule has 0 spiro atoms. The molecule has 0 saturated carbocycles. The minimum absolute atomic E-state index is 0.826. The van der Waals surface area contributed by atoms with Gasteiger partial charge in [-0.1, -0.05) is 127 Å². The Morgan fingerprint density at radius 1 is 0.800 bits per heavy atom. The van der Waals surface area contributed by atoms with E-state index in [1.54, 1.807) is 0 Å². The van der Waals surface area contributed by atoms with Gasteiger partial charge in [0, 0.05) is 18.8 Å². The average Bonchev–Trinajstić information content (AvgIpc) is 2.96. The number of aryl methyl sites for hydroxylation is 1. The molecule has 40 heavy (non-hydrogen) atoms. The number of rotatable bonds is 10. The standard InChI is InChI=1S/C14H14.C11H21N.C8H16.C4H8.C2H6/c1-11-7-6-10-14(12(11)2)13-8-4-3-5-9-13;1-6-8-12(9-7-2)11(5)10(3)4;1-5-8(4)6-7(2)3;1-3-4-2;1-2/h3-10H,1-2H3;3,5-9H2,1-2,4H3;8H,2,5-6H2,1,3-4H3;3-4H,1-2H3;1-2H3/b;;;4-3-;. The monoisotopic (exact) mass is 548 g/mol. The molecule has 0 aromatic heterocycles. The minimum atomic E-state index is 0.826. The van der Waals surface area contributed by atoms with E-state index in [1.807, 2.05) is 46.8 Å². The van der Waals surface area contributed by atoms with Crippen molar-refractivity contribution in [3.05, 3.63) is 108 Å². The predicted octanol–water partition coefficient (Wildman–Crippen LogP) is 12.8. The third-order valence-electron chi connectivity index (χ3n) is 6.28. The Balaban J connectivity index is -0.000000480. The van der Waals surface area contributed by atoms with Gasteiger partial charge in [0.2, 0.25) is 0 Å². The molecular formula is C39H65N. The van der Waals surface area contributed by atoms with Crippen LogP contribution in [0.25, 0.3) is 11.1 Å². The van der Waals surface area contributed by atoms with Crippen molar-refractivity contribution in [1.29, 1.82) is 0 Å². The lowest BCUT2D eigenvalue weighted by Crippen LogP contribution is -2.24. The Hall–Kier alpha value is -2.80. The van der Waals surface area contributed by atoms with Gasteiger partial charge < -0.3 is 4.90 Å². The second kappa shape index (κ2) is 27.8. The Labute approximate surface area is 251 Å². The number of benzene rings is 2. The highest BCUT2D eigenvalue weighted by molar-refractivity contribution is 5.68. The zero-order valence-corrected chi connectivity index (χ0v) is 28.7. The zero-order chi connectivity index (χ0) is 31.5. The van der Waals surface area contributed by atoms with Crippen LogP contribution in [0, 0.1) is 19.8 Å². The fraction of sp³-hybridized carbons (Fsp3) is 0.487. The lowest BCUT2D eigenvalue weighted by atomic mass is 9.97. The summed E-state index contributed by atoms with van der Waals surface area (Å²) in [4.78, 5) is 2.31. The number of hydrogen-bond acceptors (Lipinski definition) is 1. The van der Waals surface area contributed by atoms with Crippen LogP contribution in [0.4, 0.5) is 0 Å². The van der Waals surface area contributed by atoms with Crippen LogP contribution in [0.15, 0.2) is 97.3 Å². The molecule has 0 fully saturated rings. The topological polar surface area (TPSA) is 3.24 Å². The molecule has 0 radical (unpaired) electrons. The van der Waals surface area contributed by atoms with Gasteiger partial charge in [0.05, 0.1) is 0 Å². The molecule has 1 nitrogen and oxygen atoms in total. The molecule has 0 N–H and O–H groups in total. The first-order valence-corrected chi connectivity index (χ1v) is 15.4. The highest BCUT2D eigenvalue weighted by atomic mass is 15.1. The van der Waals surface area contributed by atoms with E-state index in [1.165, 1.54) is 53.5 Å². The van der Waals surface area contributed by atoms with Crippen LogP contribution < -0.4 is 0 Å². The van der Waals surface area contributed by atoms with Crippen LogP contribution in [-0.2, 0) is 0 Å². The average molecular weight is 548 g/mol. The van der Waals surface area contributed by atoms with Crippen molar-refractivity contribution in [2.24, 2.45) is 5.92 Å². The van der Waals surface area contributed by atoms with Gasteiger partial charge in [-0.15, -0.1) is 6.58 Å². The molecule has 0 amide bonds. The van der Waals surface area contributed by atoms with Crippen LogP contribution in [0.5, 0.6) is 0 Å². The molecule has 2 rings (SSSR count). The van der Waals surface area contributed by atoms with E-state index in [0.717, 1.165) is 30.3 Å². The summed E-state index contributed by atoms with van der Waals surface area (Å²) in [5.41, 5.74) is 8.85. The maximum atomic E-state index is 4.02. The SMILES string of the molecule is C/C=C\C.C=C(C)C(=C)N(CCC)CCC.C=C(C)CC(C)CC.CC.Cc1cccc(-c2ccccc2)c1C. The van der Waals surface area contributed by atoms with Gasteiger partial charge in [0.1, 0.15) is 0 Å². The first kappa shape index (κ1) is 41.7. The third kappa shape index (κ3) is 21.1. The van der Waals surface area contributed by atoms with Crippen molar-refractivity contribution < 1.29 is 0 Å². The normalized spacial score (nSPS) is 10.2. The van der Waals surface area contributed by atoms with Gasteiger partial charge in [0.15, 0.2) is 0 Å². The molecule has 0 heterocycles. The third-order valence-corrected chi connectivity index (χ3v) is 6.28. The van der Waals surface area contributed by atoms with Crippen molar-refractivity contribution in [3.8, 4) is 11.1 Å². The molecule has 1 atom stereocenters. The van der Waals surface area contributed by atoms with Crippen molar-refractivity contribution in [2.45, 2.75) is 109 Å². The van der Waals surface area contributed by atoms with Crippen LogP contribution in [0.2, 0.25) is 0 Å². The highest BCUT2D eigenvalue weighted by Gasteiger charge is 2.05. The molecule has 2 aromatic rings. The molecule has 226 valence electrons. The number of nitrogens with zero attached hydrogens (tertiary/aromatic N) is 1. The van der Waals surface area contributed by atoms with E-state index in [4.69, 9.17) is 0 Å². The van der Waals surface area contributed by atoms with Crippen LogP contribution >= 0.6 is 0 Å². The number of allylic oxidation sites excluding steroid dienone is 4. The molecule has 0 aliphatic rings. The van der Waals surface area contributed by atoms with Crippen molar-refractivity contribution in [2.75, 3.05) is 13.1 Å². The van der Waals surface area contributed by atoms with Crippen LogP contribution in [-0.4, -0.2) is 18.0 Å². The second-order valence-corrected chi connectivity index (χ2v) is 10.2. The van der Waals surface area contributed by atoms with Gasteiger partial charge in [0.25, 0.3) is 0 Å². The first-order valence-electron chi connectivity index (χ1n) is 15.4. The largest absolute Gasteiger partial charge is 0.372 e. The van der Waals surface area contributed by atoms with Gasteiger partial charge in [-0.3, -0.25) is 0 Å². The van der Waals surface area contributed by atoms with Crippen molar-refractivity contribution in [1.82, 2.24) is 4.90 Å². The molecule has 0 aliphatic carbocycles. The summed E-state index contributed by atoms with van der Waals surface area (Å²) in [6, 6.07) is 17.0. The van der Waals surface area contributed by atoms with Gasteiger partial charge in [-0.2, -0.15) is 0 Å². The maximum Gasteiger partial charge on any atom is 0.0316 e. The Morgan fingerprint density at radius 3 is 1.65 bits per heavy atom. The predicted molar refractivity (Wildman–Crippen MR) is 188 cm³/mol. The fourth-order valence-electron chi connectivity index (χ4n) is 3.61. The summed E-state index contributed by atoms with van der Waals surface area (Å²) in [5, 5.41) is 0. The van der Waals surface area contributed by atoms with E-state index in [2.05, 4.69) is 122 Å². The van der Waals surface area contributed by atoms with E-state index in [-0.39, 0.29) is 0 Å². The Bertz CT molecular complexity index is 923. The minimum Gasteiger partial charge on any atom is -0.372 e. The smallest absolute Gasteiger partial charge is 0.0316 e.